The van der Waals surface area contributed by atoms with E-state index in [0.717, 1.165) is 39.0 Å². The molecule has 2 amide bonds. The number of piperazine rings is 1. The highest BCUT2D eigenvalue weighted by Crippen LogP contribution is 2.21. The number of para-hydroxylation sites is 1. The summed E-state index contributed by atoms with van der Waals surface area (Å²) in [5, 5.41) is 0. The van der Waals surface area contributed by atoms with E-state index in [1.54, 1.807) is 4.90 Å². The van der Waals surface area contributed by atoms with E-state index in [4.69, 9.17) is 5.73 Å². The van der Waals surface area contributed by atoms with Crippen molar-refractivity contribution in [3.8, 4) is 0 Å². The van der Waals surface area contributed by atoms with Crippen LogP contribution in [0, 0.1) is 6.92 Å². The largest absolute Gasteiger partial charge is 0.369 e. The number of likely N-dealkylation sites (tertiary alicyclic amines) is 1. The summed E-state index contributed by atoms with van der Waals surface area (Å²) in [4.78, 5) is 30.5. The van der Waals surface area contributed by atoms with Gasteiger partial charge in [0.2, 0.25) is 11.8 Å². The number of amides is 2. The van der Waals surface area contributed by atoms with Gasteiger partial charge in [0.25, 0.3) is 0 Å². The molecule has 0 aromatic heterocycles. The van der Waals surface area contributed by atoms with Crippen LogP contribution in [0.1, 0.15) is 24.8 Å². The highest BCUT2D eigenvalue weighted by atomic mass is 16.2. The SMILES string of the molecule is Cc1ccccc1N1CCN(CC(=O)N2CCCC[C@H]2C(N)=O)CC1. The highest BCUT2D eigenvalue weighted by molar-refractivity contribution is 5.87. The topological polar surface area (TPSA) is 69.9 Å². The molecule has 0 spiro atoms. The molecule has 0 unspecified atom stereocenters. The number of carbonyl (C=O) groups is 2. The van der Waals surface area contributed by atoms with Gasteiger partial charge in [-0.15, -0.1) is 0 Å². The van der Waals surface area contributed by atoms with Gasteiger partial charge in [0.15, 0.2) is 0 Å². The number of anilines is 1. The summed E-state index contributed by atoms with van der Waals surface area (Å²) in [6.45, 7) is 6.70. The monoisotopic (exact) mass is 344 g/mol. The van der Waals surface area contributed by atoms with Crippen molar-refractivity contribution in [2.24, 2.45) is 5.73 Å². The molecule has 2 saturated heterocycles. The van der Waals surface area contributed by atoms with Crippen molar-refractivity contribution in [3.05, 3.63) is 29.8 Å². The first kappa shape index (κ1) is 17.7. The number of primary amides is 1. The van der Waals surface area contributed by atoms with Crippen LogP contribution in [0.2, 0.25) is 0 Å². The lowest BCUT2D eigenvalue weighted by Crippen LogP contribution is -2.55. The number of hydrogen-bond acceptors (Lipinski definition) is 4. The zero-order valence-corrected chi connectivity index (χ0v) is 15.0. The van der Waals surface area contributed by atoms with Gasteiger partial charge in [0.05, 0.1) is 6.54 Å². The summed E-state index contributed by atoms with van der Waals surface area (Å²) in [6.07, 6.45) is 2.62. The third kappa shape index (κ3) is 4.12. The maximum atomic E-state index is 12.6. The van der Waals surface area contributed by atoms with Crippen molar-refractivity contribution >= 4 is 17.5 Å². The zero-order chi connectivity index (χ0) is 17.8. The van der Waals surface area contributed by atoms with E-state index < -0.39 is 6.04 Å². The maximum Gasteiger partial charge on any atom is 0.240 e. The molecular formula is C19H28N4O2. The molecule has 2 N–H and O–H groups in total. The summed E-state index contributed by atoms with van der Waals surface area (Å²) in [6, 6.07) is 7.99. The number of benzene rings is 1. The Morgan fingerprint density at radius 3 is 2.48 bits per heavy atom. The fourth-order valence-electron chi connectivity index (χ4n) is 3.87. The number of rotatable bonds is 4. The highest BCUT2D eigenvalue weighted by Gasteiger charge is 2.31. The van der Waals surface area contributed by atoms with Crippen LogP contribution >= 0.6 is 0 Å². The van der Waals surface area contributed by atoms with Gasteiger partial charge in [-0.05, 0) is 37.8 Å². The molecule has 0 radical (unpaired) electrons. The lowest BCUT2D eigenvalue weighted by molar-refractivity contribution is -0.142. The number of nitrogens with zero attached hydrogens (tertiary/aromatic N) is 3. The average Bonchev–Trinajstić information content (AvgIpc) is 2.63. The zero-order valence-electron chi connectivity index (χ0n) is 15.0. The number of piperidine rings is 1. The molecule has 3 rings (SSSR count). The van der Waals surface area contributed by atoms with Gasteiger partial charge in [-0.1, -0.05) is 18.2 Å². The molecule has 2 aliphatic rings. The molecule has 0 saturated carbocycles. The van der Waals surface area contributed by atoms with E-state index in [9.17, 15) is 9.59 Å². The van der Waals surface area contributed by atoms with Crippen LogP contribution in [-0.2, 0) is 9.59 Å². The van der Waals surface area contributed by atoms with Gasteiger partial charge in [0, 0.05) is 38.4 Å². The van der Waals surface area contributed by atoms with Gasteiger partial charge in [-0.3, -0.25) is 14.5 Å². The molecule has 6 heteroatoms. The van der Waals surface area contributed by atoms with Crippen LogP contribution in [-0.4, -0.2) is 66.9 Å². The molecule has 6 nitrogen and oxygen atoms in total. The Hall–Kier alpha value is -2.08. The lowest BCUT2D eigenvalue weighted by atomic mass is 10.0. The first-order valence-corrected chi connectivity index (χ1v) is 9.18. The van der Waals surface area contributed by atoms with Crippen LogP contribution in [0.25, 0.3) is 0 Å². The molecule has 0 aliphatic carbocycles. The predicted octanol–water partition coefficient (Wildman–Crippen LogP) is 0.983. The van der Waals surface area contributed by atoms with E-state index in [0.29, 0.717) is 19.5 Å². The molecule has 1 aromatic carbocycles. The van der Waals surface area contributed by atoms with Gasteiger partial charge < -0.3 is 15.5 Å². The van der Waals surface area contributed by atoms with E-state index in [1.165, 1.54) is 11.3 Å². The minimum Gasteiger partial charge on any atom is -0.369 e. The van der Waals surface area contributed by atoms with Crippen LogP contribution in [0.5, 0.6) is 0 Å². The summed E-state index contributed by atoms with van der Waals surface area (Å²) in [7, 11) is 0. The van der Waals surface area contributed by atoms with Crippen molar-refractivity contribution in [2.75, 3.05) is 44.2 Å². The summed E-state index contributed by atoms with van der Waals surface area (Å²) >= 11 is 0. The maximum absolute atomic E-state index is 12.6. The van der Waals surface area contributed by atoms with Crippen molar-refractivity contribution in [2.45, 2.75) is 32.2 Å². The van der Waals surface area contributed by atoms with Crippen molar-refractivity contribution in [1.29, 1.82) is 0 Å². The molecule has 1 atom stereocenters. The number of aryl methyl sites for hydroxylation is 1. The predicted molar refractivity (Wildman–Crippen MR) is 98.4 cm³/mol. The van der Waals surface area contributed by atoms with Gasteiger partial charge in [0.1, 0.15) is 6.04 Å². The second kappa shape index (κ2) is 7.87. The number of nitrogens with two attached hydrogens (primary N) is 1. The Morgan fingerprint density at radius 1 is 1.08 bits per heavy atom. The molecule has 2 fully saturated rings. The van der Waals surface area contributed by atoms with Crippen molar-refractivity contribution in [3.63, 3.8) is 0 Å². The van der Waals surface area contributed by atoms with Gasteiger partial charge in [-0.2, -0.15) is 0 Å². The van der Waals surface area contributed by atoms with Crippen LogP contribution in [0.4, 0.5) is 5.69 Å². The van der Waals surface area contributed by atoms with E-state index in [2.05, 4.69) is 41.0 Å². The van der Waals surface area contributed by atoms with Gasteiger partial charge in [-0.25, -0.2) is 0 Å². The fourth-order valence-corrected chi connectivity index (χ4v) is 3.87. The van der Waals surface area contributed by atoms with Crippen LogP contribution in [0.15, 0.2) is 24.3 Å². The fraction of sp³-hybridized carbons (Fsp3) is 0.579. The van der Waals surface area contributed by atoms with Gasteiger partial charge >= 0.3 is 0 Å². The quantitative estimate of drug-likeness (QED) is 0.884. The number of carbonyl (C=O) groups excluding carboxylic acids is 2. The Bertz CT molecular complexity index is 626. The van der Waals surface area contributed by atoms with E-state index in [-0.39, 0.29) is 11.8 Å². The van der Waals surface area contributed by atoms with E-state index >= 15 is 0 Å². The molecular weight excluding hydrogens is 316 g/mol. The minimum atomic E-state index is -0.422. The third-order valence-electron chi connectivity index (χ3n) is 5.34. The van der Waals surface area contributed by atoms with Crippen LogP contribution < -0.4 is 10.6 Å². The normalized spacial score (nSPS) is 22.0. The summed E-state index contributed by atoms with van der Waals surface area (Å²) < 4.78 is 0. The Balaban J connectivity index is 1.54. The Labute approximate surface area is 149 Å². The Morgan fingerprint density at radius 2 is 1.80 bits per heavy atom. The first-order chi connectivity index (χ1) is 12.1. The van der Waals surface area contributed by atoms with E-state index in [1.807, 2.05) is 0 Å². The standard InChI is InChI=1S/C19H28N4O2/c1-15-6-2-3-7-16(15)22-12-10-21(11-13-22)14-18(24)23-9-5-4-8-17(23)19(20)25/h2-3,6-7,17H,4-5,8-14H2,1H3,(H2,20,25)/t17-/m0/s1. The summed E-state index contributed by atoms with van der Waals surface area (Å²) in [5.74, 6) is -0.342. The third-order valence-corrected chi connectivity index (χ3v) is 5.34. The molecule has 2 heterocycles. The second-order valence-corrected chi connectivity index (χ2v) is 7.05. The Kier molecular flexibility index (Phi) is 5.58. The summed E-state index contributed by atoms with van der Waals surface area (Å²) in [5.41, 5.74) is 8.03. The van der Waals surface area contributed by atoms with Crippen LogP contribution in [0.3, 0.4) is 0 Å². The van der Waals surface area contributed by atoms with Crippen molar-refractivity contribution < 1.29 is 9.59 Å². The molecule has 136 valence electrons. The second-order valence-electron chi connectivity index (χ2n) is 7.05. The number of hydrogen-bond donors (Lipinski definition) is 1. The molecule has 1 aromatic rings. The molecule has 2 aliphatic heterocycles. The first-order valence-electron chi connectivity index (χ1n) is 9.18. The smallest absolute Gasteiger partial charge is 0.240 e. The molecule has 0 bridgehead atoms. The van der Waals surface area contributed by atoms with Crippen molar-refractivity contribution in [1.82, 2.24) is 9.80 Å². The lowest BCUT2D eigenvalue weighted by Gasteiger charge is -2.39. The minimum absolute atomic E-state index is 0.0350. The molecule has 25 heavy (non-hydrogen) atoms. The average molecular weight is 344 g/mol.